The van der Waals surface area contributed by atoms with Crippen LogP contribution >= 0.6 is 44.6 Å². The predicted molar refractivity (Wildman–Crippen MR) is 123 cm³/mol. The topological polar surface area (TPSA) is 68.3 Å². The molecule has 0 aliphatic rings. The van der Waals surface area contributed by atoms with Crippen LogP contribution in [0, 0.1) is 0 Å². The summed E-state index contributed by atoms with van der Waals surface area (Å²) in [6.07, 6.45) is 0. The van der Waals surface area contributed by atoms with Crippen LogP contribution in [0.2, 0.25) is 10.0 Å². The molecule has 0 aliphatic heterocycles. The van der Waals surface area contributed by atoms with E-state index >= 15 is 0 Å². The lowest BCUT2D eigenvalue weighted by Crippen LogP contribution is -2.02. The second kappa shape index (κ2) is 7.55. The van der Waals surface area contributed by atoms with Gasteiger partial charge in [-0.3, -0.25) is 0 Å². The molecule has 0 fully saturated rings. The van der Waals surface area contributed by atoms with E-state index in [1.54, 1.807) is 48.5 Å². The highest BCUT2D eigenvalue weighted by atomic mass is 35.7. The van der Waals surface area contributed by atoms with E-state index < -0.39 is 18.1 Å². The second-order valence-electron chi connectivity index (χ2n) is 6.43. The summed E-state index contributed by atoms with van der Waals surface area (Å²) in [5.74, 6) is 0. The van der Waals surface area contributed by atoms with Crippen LogP contribution in [0.15, 0.2) is 70.5 Å². The second-order valence-corrected chi connectivity index (χ2v) is 12.3. The lowest BCUT2D eigenvalue weighted by Gasteiger charge is -2.18. The standard InChI is InChI=1S/C20H10Cl4O4S2/c21-15-9-17(29(23,25)26)19(13-7-3-1-5-11(13)15)20-14-8-4-2-6-12(14)16(22)10-18(20)30(24,27)28/h1-10H. The van der Waals surface area contributed by atoms with Gasteiger partial charge in [-0.25, -0.2) is 16.8 Å². The summed E-state index contributed by atoms with van der Waals surface area (Å²) in [7, 11) is 2.84. The average Bonchev–Trinajstić information content (AvgIpc) is 2.67. The molecule has 154 valence electrons. The van der Waals surface area contributed by atoms with E-state index in [0.717, 1.165) is 0 Å². The molecule has 0 unspecified atom stereocenters. The van der Waals surface area contributed by atoms with Gasteiger partial charge in [0, 0.05) is 53.3 Å². The maximum Gasteiger partial charge on any atom is 0.262 e. The van der Waals surface area contributed by atoms with Crippen molar-refractivity contribution in [3.8, 4) is 11.1 Å². The van der Waals surface area contributed by atoms with Crippen LogP contribution in [0.1, 0.15) is 0 Å². The molecule has 0 aromatic heterocycles. The molecule has 10 heteroatoms. The smallest absolute Gasteiger partial charge is 0.207 e. The molecular formula is C20H10Cl4O4S2. The Bertz CT molecular complexity index is 1440. The summed E-state index contributed by atoms with van der Waals surface area (Å²) >= 11 is 12.6. The number of fused-ring (bicyclic) bond motifs is 2. The predicted octanol–water partition coefficient (Wildman–Crippen LogP) is 6.82. The minimum atomic E-state index is -4.32. The molecule has 0 aliphatic carbocycles. The van der Waals surface area contributed by atoms with Crippen LogP contribution in [-0.4, -0.2) is 16.8 Å². The highest BCUT2D eigenvalue weighted by Crippen LogP contribution is 2.47. The highest BCUT2D eigenvalue weighted by molar-refractivity contribution is 8.14. The van der Waals surface area contributed by atoms with Crippen molar-refractivity contribution in [3.63, 3.8) is 0 Å². The molecule has 0 bridgehead atoms. The van der Waals surface area contributed by atoms with Gasteiger partial charge < -0.3 is 0 Å². The van der Waals surface area contributed by atoms with Gasteiger partial charge >= 0.3 is 0 Å². The van der Waals surface area contributed by atoms with Gasteiger partial charge in [0.1, 0.15) is 0 Å². The summed E-state index contributed by atoms with van der Waals surface area (Å²) in [5.41, 5.74) is 0.161. The third-order valence-electron chi connectivity index (χ3n) is 4.69. The van der Waals surface area contributed by atoms with E-state index in [2.05, 4.69) is 0 Å². The lowest BCUT2D eigenvalue weighted by atomic mass is 9.93. The van der Waals surface area contributed by atoms with Gasteiger partial charge in [0.2, 0.25) is 0 Å². The molecule has 4 rings (SSSR count). The van der Waals surface area contributed by atoms with E-state index in [4.69, 9.17) is 44.6 Å². The minimum absolute atomic E-state index is 0.0806. The fraction of sp³-hybridized carbons (Fsp3) is 0. The first kappa shape index (κ1) is 21.7. The number of benzene rings is 4. The largest absolute Gasteiger partial charge is 0.262 e. The maximum absolute atomic E-state index is 12.5. The van der Waals surface area contributed by atoms with Crippen molar-refractivity contribution in [3.05, 3.63) is 70.7 Å². The quantitative estimate of drug-likeness (QED) is 0.278. The summed E-state index contributed by atoms with van der Waals surface area (Å²) in [5, 5.41) is 2.16. The lowest BCUT2D eigenvalue weighted by molar-refractivity contribution is 0.607. The number of rotatable bonds is 3. The summed E-state index contributed by atoms with van der Waals surface area (Å²) < 4.78 is 49.9. The van der Waals surface area contributed by atoms with Crippen molar-refractivity contribution in [1.29, 1.82) is 0 Å². The fourth-order valence-electron chi connectivity index (χ4n) is 3.51. The van der Waals surface area contributed by atoms with Crippen molar-refractivity contribution in [2.24, 2.45) is 0 Å². The Morgan fingerprint density at radius 2 is 0.833 bits per heavy atom. The molecule has 4 nitrogen and oxygen atoms in total. The van der Waals surface area contributed by atoms with Crippen molar-refractivity contribution in [2.45, 2.75) is 9.79 Å². The monoisotopic (exact) mass is 518 g/mol. The van der Waals surface area contributed by atoms with Crippen molar-refractivity contribution in [2.75, 3.05) is 0 Å². The molecule has 4 aromatic carbocycles. The number of hydrogen-bond acceptors (Lipinski definition) is 4. The van der Waals surface area contributed by atoms with E-state index in [9.17, 15) is 16.8 Å². The molecule has 0 atom stereocenters. The normalized spacial score (nSPS) is 12.5. The Balaban J connectivity index is 2.39. The van der Waals surface area contributed by atoms with Gasteiger partial charge in [-0.15, -0.1) is 0 Å². The maximum atomic E-state index is 12.5. The molecule has 0 saturated carbocycles. The van der Waals surface area contributed by atoms with Gasteiger partial charge in [0.15, 0.2) is 0 Å². The van der Waals surface area contributed by atoms with E-state index in [1.807, 2.05) is 0 Å². The number of halogens is 4. The fourth-order valence-corrected chi connectivity index (χ4v) is 6.35. The van der Waals surface area contributed by atoms with Crippen molar-refractivity contribution < 1.29 is 16.8 Å². The Morgan fingerprint density at radius 1 is 0.533 bits per heavy atom. The molecule has 0 heterocycles. The molecular weight excluding hydrogens is 510 g/mol. The SMILES string of the molecule is O=S(=O)(Cl)c1cc(Cl)c2ccccc2c1-c1c(S(=O)(=O)Cl)cc(Cl)c2ccccc12. The Labute approximate surface area is 191 Å². The van der Waals surface area contributed by atoms with Crippen LogP contribution in [0.3, 0.4) is 0 Å². The zero-order valence-corrected chi connectivity index (χ0v) is 19.4. The minimum Gasteiger partial charge on any atom is -0.207 e. The van der Waals surface area contributed by atoms with Crippen LogP contribution in [-0.2, 0) is 18.1 Å². The van der Waals surface area contributed by atoms with Gasteiger partial charge in [0.25, 0.3) is 18.1 Å². The first-order chi connectivity index (χ1) is 14.0. The van der Waals surface area contributed by atoms with Crippen molar-refractivity contribution >= 4 is 84.2 Å². The highest BCUT2D eigenvalue weighted by Gasteiger charge is 2.28. The molecule has 0 radical (unpaired) electrons. The molecule has 0 N–H and O–H groups in total. The zero-order chi connectivity index (χ0) is 21.8. The zero-order valence-electron chi connectivity index (χ0n) is 14.7. The molecule has 0 saturated heterocycles. The molecule has 0 amide bonds. The van der Waals surface area contributed by atoms with E-state index in [1.165, 1.54) is 12.1 Å². The Hall–Kier alpha value is -1.54. The Kier molecular flexibility index (Phi) is 5.46. The van der Waals surface area contributed by atoms with E-state index in [-0.39, 0.29) is 31.0 Å². The first-order valence-electron chi connectivity index (χ1n) is 8.32. The van der Waals surface area contributed by atoms with Crippen molar-refractivity contribution in [1.82, 2.24) is 0 Å². The molecule has 4 aromatic rings. The van der Waals surface area contributed by atoms with Gasteiger partial charge in [-0.2, -0.15) is 0 Å². The molecule has 0 spiro atoms. The van der Waals surface area contributed by atoms with Gasteiger partial charge in [0.05, 0.1) is 9.79 Å². The van der Waals surface area contributed by atoms with Crippen LogP contribution in [0.4, 0.5) is 0 Å². The van der Waals surface area contributed by atoms with Gasteiger partial charge in [-0.05, 0) is 22.9 Å². The summed E-state index contributed by atoms with van der Waals surface area (Å²) in [4.78, 5) is -0.663. The average molecular weight is 520 g/mol. The summed E-state index contributed by atoms with van der Waals surface area (Å²) in [6.45, 7) is 0. The molecule has 30 heavy (non-hydrogen) atoms. The number of hydrogen-bond donors (Lipinski definition) is 0. The first-order valence-corrected chi connectivity index (χ1v) is 13.7. The Morgan fingerprint density at radius 3 is 1.13 bits per heavy atom. The van der Waals surface area contributed by atoms with E-state index in [0.29, 0.717) is 21.5 Å². The van der Waals surface area contributed by atoms with Crippen LogP contribution < -0.4 is 0 Å². The third-order valence-corrected chi connectivity index (χ3v) is 8.01. The van der Waals surface area contributed by atoms with Crippen LogP contribution in [0.25, 0.3) is 32.7 Å². The van der Waals surface area contributed by atoms with Crippen LogP contribution in [0.5, 0.6) is 0 Å². The third kappa shape index (κ3) is 3.66. The van der Waals surface area contributed by atoms with Gasteiger partial charge in [-0.1, -0.05) is 71.7 Å². The summed E-state index contributed by atoms with van der Waals surface area (Å²) in [6, 6.07) is 15.9.